The number of nitrogens with zero attached hydrogens (tertiary/aromatic N) is 4. The summed E-state index contributed by atoms with van der Waals surface area (Å²) < 4.78 is 28.0. The number of piperidine rings is 1. The second-order valence-corrected chi connectivity index (χ2v) is 11.7. The molecule has 0 radical (unpaired) electrons. The Morgan fingerprint density at radius 3 is 2.61 bits per heavy atom. The molecule has 2 aliphatic rings. The van der Waals surface area contributed by atoms with E-state index in [4.69, 9.17) is 10.1 Å². The molecule has 0 spiro atoms. The molecule has 2 fully saturated rings. The number of carbonyl (C=O) groups is 1. The van der Waals surface area contributed by atoms with Gasteiger partial charge >= 0.3 is 0 Å². The molecule has 10 nitrogen and oxygen atoms in total. The lowest BCUT2D eigenvalue weighted by atomic mass is 9.95. The van der Waals surface area contributed by atoms with Gasteiger partial charge in [0.05, 0.1) is 29.2 Å². The zero-order valence-electron chi connectivity index (χ0n) is 20.7. The van der Waals surface area contributed by atoms with Crippen LogP contribution < -0.4 is 10.3 Å². The number of rotatable bonds is 5. The summed E-state index contributed by atoms with van der Waals surface area (Å²) in [5.41, 5.74) is 1.68. The van der Waals surface area contributed by atoms with Crippen molar-refractivity contribution in [1.82, 2.24) is 24.6 Å². The minimum Gasteiger partial charge on any atom is -0.338 e. The number of aromatic amines is 1. The van der Waals surface area contributed by atoms with Gasteiger partial charge in [0.1, 0.15) is 11.2 Å². The van der Waals surface area contributed by atoms with E-state index in [1.165, 1.54) is 6.42 Å². The summed E-state index contributed by atoms with van der Waals surface area (Å²) in [7, 11) is -3.53. The molecule has 11 heteroatoms. The molecule has 2 aromatic heterocycles. The number of hydrogen-bond donors (Lipinski definition) is 2. The highest BCUT2D eigenvalue weighted by Crippen LogP contribution is 2.32. The third-order valence-electron chi connectivity index (χ3n) is 7.22. The van der Waals surface area contributed by atoms with E-state index in [9.17, 15) is 18.0 Å². The SMILES string of the molecule is Cc1nn(C2CCCCC2)c2nc(C3CCCN(C(=O)c4ccccc4NS(C)(=O)=O)C3)[nH]c(=O)c12. The third kappa shape index (κ3) is 4.88. The van der Waals surface area contributed by atoms with Crippen LogP contribution in [0.3, 0.4) is 0 Å². The van der Waals surface area contributed by atoms with Gasteiger partial charge in [-0.1, -0.05) is 31.4 Å². The van der Waals surface area contributed by atoms with Gasteiger partial charge in [0, 0.05) is 19.0 Å². The highest BCUT2D eigenvalue weighted by atomic mass is 32.2. The zero-order valence-corrected chi connectivity index (χ0v) is 21.5. The predicted octanol–water partition coefficient (Wildman–Crippen LogP) is 3.32. The molecule has 1 saturated heterocycles. The van der Waals surface area contributed by atoms with E-state index >= 15 is 0 Å². The number of nitrogens with one attached hydrogen (secondary N) is 2. The fourth-order valence-corrected chi connectivity index (χ4v) is 6.09. The van der Waals surface area contributed by atoms with Crippen LogP contribution in [0.4, 0.5) is 5.69 Å². The van der Waals surface area contributed by atoms with Crippen LogP contribution >= 0.6 is 0 Å². The molecule has 0 bridgehead atoms. The number of benzene rings is 1. The van der Waals surface area contributed by atoms with Crippen LogP contribution in [0.15, 0.2) is 29.1 Å². The molecule has 192 valence electrons. The first-order valence-corrected chi connectivity index (χ1v) is 14.5. The Bertz CT molecular complexity index is 1450. The van der Waals surface area contributed by atoms with Gasteiger partial charge in [-0.15, -0.1) is 0 Å². The molecule has 1 aliphatic heterocycles. The molecule has 3 heterocycles. The van der Waals surface area contributed by atoms with Gasteiger partial charge in [-0.2, -0.15) is 5.10 Å². The van der Waals surface area contributed by atoms with Gasteiger partial charge in [0.2, 0.25) is 10.0 Å². The average Bonchev–Trinajstić information content (AvgIpc) is 3.20. The van der Waals surface area contributed by atoms with Crippen molar-refractivity contribution >= 4 is 32.7 Å². The second kappa shape index (κ2) is 9.68. The average molecular weight is 513 g/mol. The van der Waals surface area contributed by atoms with Crippen molar-refractivity contribution in [1.29, 1.82) is 0 Å². The maximum atomic E-state index is 13.4. The minimum atomic E-state index is -3.53. The molecule has 1 saturated carbocycles. The predicted molar refractivity (Wildman–Crippen MR) is 138 cm³/mol. The zero-order chi connectivity index (χ0) is 25.4. The summed E-state index contributed by atoms with van der Waals surface area (Å²) in [6, 6.07) is 6.85. The van der Waals surface area contributed by atoms with E-state index in [2.05, 4.69) is 9.71 Å². The Hall–Kier alpha value is -3.21. The standard InChI is InChI=1S/C25H32N6O4S/c1-16-21-23(31(28-16)18-10-4-3-5-11-18)26-22(27-24(21)32)17-9-8-14-30(15-17)25(33)19-12-6-7-13-20(19)29-36(2,34)35/h6-7,12-13,17-18,29H,3-5,8-11,14-15H2,1-2H3,(H,26,27,32). The normalized spacial score (nSPS) is 19.5. The number of sulfonamides is 1. The van der Waals surface area contributed by atoms with Crippen LogP contribution in [-0.4, -0.2) is 58.3 Å². The fourth-order valence-electron chi connectivity index (χ4n) is 5.52. The van der Waals surface area contributed by atoms with E-state index in [1.807, 2.05) is 11.6 Å². The molecule has 1 atom stereocenters. The molecular weight excluding hydrogens is 480 g/mol. The van der Waals surface area contributed by atoms with Crippen molar-refractivity contribution in [3.05, 3.63) is 51.7 Å². The Labute approximate surface area is 210 Å². The Kier molecular flexibility index (Phi) is 6.59. The molecule has 5 rings (SSSR count). The summed E-state index contributed by atoms with van der Waals surface area (Å²) in [5.74, 6) is 0.187. The number of aryl methyl sites for hydroxylation is 1. The Morgan fingerprint density at radius 1 is 1.11 bits per heavy atom. The largest absolute Gasteiger partial charge is 0.338 e. The summed E-state index contributed by atoms with van der Waals surface area (Å²) in [6.07, 6.45) is 8.19. The minimum absolute atomic E-state index is 0.134. The van der Waals surface area contributed by atoms with Gasteiger partial charge in [-0.05, 0) is 44.7 Å². The maximum absolute atomic E-state index is 13.4. The first kappa shape index (κ1) is 24.5. The molecule has 1 amide bonds. The van der Waals surface area contributed by atoms with Gasteiger partial charge in [-0.3, -0.25) is 14.3 Å². The number of para-hydroxylation sites is 1. The van der Waals surface area contributed by atoms with Crippen LogP contribution in [0.5, 0.6) is 0 Å². The molecule has 3 aromatic rings. The number of amides is 1. The fraction of sp³-hybridized carbons (Fsp3) is 0.520. The van der Waals surface area contributed by atoms with Crippen LogP contribution in [0.1, 0.15) is 78.8 Å². The molecule has 2 N–H and O–H groups in total. The first-order valence-electron chi connectivity index (χ1n) is 12.6. The van der Waals surface area contributed by atoms with E-state index in [0.29, 0.717) is 41.2 Å². The van der Waals surface area contributed by atoms with Crippen molar-refractivity contribution in [3.63, 3.8) is 0 Å². The number of likely N-dealkylation sites (tertiary alicyclic amines) is 1. The highest BCUT2D eigenvalue weighted by molar-refractivity contribution is 7.92. The van der Waals surface area contributed by atoms with Crippen LogP contribution in [0.25, 0.3) is 11.0 Å². The maximum Gasteiger partial charge on any atom is 0.262 e. The van der Waals surface area contributed by atoms with Crippen molar-refractivity contribution < 1.29 is 13.2 Å². The van der Waals surface area contributed by atoms with Crippen LogP contribution in [-0.2, 0) is 10.0 Å². The molecule has 1 aromatic carbocycles. The first-order chi connectivity index (χ1) is 17.2. The van der Waals surface area contributed by atoms with Gasteiger partial charge in [0.15, 0.2) is 5.65 Å². The third-order valence-corrected chi connectivity index (χ3v) is 7.81. The van der Waals surface area contributed by atoms with Gasteiger partial charge in [0.25, 0.3) is 11.5 Å². The second-order valence-electron chi connectivity index (χ2n) is 9.98. The summed E-state index contributed by atoms with van der Waals surface area (Å²) >= 11 is 0. The van der Waals surface area contributed by atoms with Crippen molar-refractivity contribution in [2.24, 2.45) is 0 Å². The van der Waals surface area contributed by atoms with E-state index in [1.54, 1.807) is 29.2 Å². The lowest BCUT2D eigenvalue weighted by Crippen LogP contribution is -2.40. The van der Waals surface area contributed by atoms with Crippen molar-refractivity contribution in [2.45, 2.75) is 63.8 Å². The molecule has 36 heavy (non-hydrogen) atoms. The number of anilines is 1. The van der Waals surface area contributed by atoms with E-state index in [0.717, 1.165) is 44.8 Å². The molecule has 1 unspecified atom stereocenters. The lowest BCUT2D eigenvalue weighted by molar-refractivity contribution is 0.0705. The number of hydrogen-bond acceptors (Lipinski definition) is 6. The number of carbonyl (C=O) groups excluding carboxylic acids is 1. The topological polar surface area (TPSA) is 130 Å². The smallest absolute Gasteiger partial charge is 0.262 e. The van der Waals surface area contributed by atoms with E-state index in [-0.39, 0.29) is 29.1 Å². The van der Waals surface area contributed by atoms with Crippen molar-refractivity contribution in [3.8, 4) is 0 Å². The Morgan fingerprint density at radius 2 is 1.86 bits per heavy atom. The summed E-state index contributed by atoms with van der Waals surface area (Å²) in [5, 5.41) is 5.23. The summed E-state index contributed by atoms with van der Waals surface area (Å²) in [4.78, 5) is 36.1. The quantitative estimate of drug-likeness (QED) is 0.539. The van der Waals surface area contributed by atoms with Crippen LogP contribution in [0.2, 0.25) is 0 Å². The number of H-pyrrole nitrogens is 1. The molecule has 1 aliphatic carbocycles. The highest BCUT2D eigenvalue weighted by Gasteiger charge is 2.30. The van der Waals surface area contributed by atoms with Crippen molar-refractivity contribution in [2.75, 3.05) is 24.1 Å². The van der Waals surface area contributed by atoms with Gasteiger partial charge in [-0.25, -0.2) is 18.1 Å². The number of aromatic nitrogens is 4. The summed E-state index contributed by atoms with van der Waals surface area (Å²) in [6.45, 7) is 2.78. The van der Waals surface area contributed by atoms with E-state index < -0.39 is 10.0 Å². The van der Waals surface area contributed by atoms with Crippen LogP contribution in [0, 0.1) is 6.92 Å². The monoisotopic (exact) mass is 512 g/mol. The van der Waals surface area contributed by atoms with Gasteiger partial charge < -0.3 is 9.88 Å². The Balaban J connectivity index is 1.44. The number of fused-ring (bicyclic) bond motifs is 1. The lowest BCUT2D eigenvalue weighted by Gasteiger charge is -2.32. The molecular formula is C25H32N6O4S.